The maximum atomic E-state index is 4.99. The molecule has 0 aliphatic heterocycles. The minimum Gasteiger partial charge on any atom is -0.383 e. The van der Waals surface area contributed by atoms with Crippen molar-refractivity contribution in [3.8, 4) is 0 Å². The van der Waals surface area contributed by atoms with Crippen LogP contribution in [0.4, 0.5) is 0 Å². The van der Waals surface area contributed by atoms with Crippen molar-refractivity contribution in [2.45, 2.75) is 38.6 Å². The average Bonchev–Trinajstić information content (AvgIpc) is 2.09. The number of methoxy groups -OCH3 is 1. The van der Waals surface area contributed by atoms with Crippen molar-refractivity contribution in [1.82, 2.24) is 5.32 Å². The lowest BCUT2D eigenvalue weighted by molar-refractivity contribution is 0.189. The molecule has 0 radical (unpaired) electrons. The Morgan fingerprint density at radius 2 is 1.92 bits per heavy atom. The molecule has 0 aromatic carbocycles. The normalized spacial score (nSPS) is 30.5. The van der Waals surface area contributed by atoms with Gasteiger partial charge in [0.2, 0.25) is 0 Å². The molecular weight excluding hydrogens is 150 g/mol. The first-order chi connectivity index (χ1) is 5.83. The fourth-order valence-corrected chi connectivity index (χ4v) is 1.83. The van der Waals surface area contributed by atoms with Crippen LogP contribution in [0.5, 0.6) is 0 Å². The molecule has 1 saturated carbocycles. The highest BCUT2D eigenvalue weighted by Crippen LogP contribution is 2.23. The molecule has 0 aromatic rings. The first kappa shape index (κ1) is 10.0. The smallest absolute Gasteiger partial charge is 0.0587 e. The van der Waals surface area contributed by atoms with Crippen molar-refractivity contribution >= 4 is 0 Å². The Kier molecular flexibility index (Phi) is 4.62. The molecular formula is C10H21NO. The Labute approximate surface area is 75.7 Å². The van der Waals surface area contributed by atoms with Crippen molar-refractivity contribution in [3.05, 3.63) is 0 Å². The number of hydrogen-bond donors (Lipinski definition) is 1. The second-order valence-electron chi connectivity index (χ2n) is 3.90. The van der Waals surface area contributed by atoms with Gasteiger partial charge in [0.1, 0.15) is 0 Å². The Morgan fingerprint density at radius 3 is 2.50 bits per heavy atom. The molecule has 1 N–H and O–H groups in total. The largest absolute Gasteiger partial charge is 0.383 e. The van der Waals surface area contributed by atoms with Gasteiger partial charge in [-0.2, -0.15) is 0 Å². The predicted octanol–water partition coefficient (Wildman–Crippen LogP) is 1.80. The molecule has 12 heavy (non-hydrogen) atoms. The van der Waals surface area contributed by atoms with Crippen LogP contribution in [0.1, 0.15) is 32.6 Å². The van der Waals surface area contributed by atoms with Gasteiger partial charge in [-0.3, -0.25) is 0 Å². The van der Waals surface area contributed by atoms with Crippen LogP contribution < -0.4 is 5.32 Å². The lowest BCUT2D eigenvalue weighted by Gasteiger charge is -2.26. The third-order valence-corrected chi connectivity index (χ3v) is 2.76. The van der Waals surface area contributed by atoms with E-state index in [1.54, 1.807) is 7.11 Å². The maximum absolute atomic E-state index is 4.99. The summed E-state index contributed by atoms with van der Waals surface area (Å²) in [4.78, 5) is 0. The second kappa shape index (κ2) is 5.55. The van der Waals surface area contributed by atoms with Gasteiger partial charge in [0.25, 0.3) is 0 Å². The first-order valence-electron chi connectivity index (χ1n) is 5.05. The molecule has 72 valence electrons. The van der Waals surface area contributed by atoms with E-state index in [-0.39, 0.29) is 0 Å². The van der Waals surface area contributed by atoms with Crippen LogP contribution in [-0.4, -0.2) is 26.3 Å². The van der Waals surface area contributed by atoms with Gasteiger partial charge in [0, 0.05) is 19.7 Å². The minimum absolute atomic E-state index is 0.761. The summed E-state index contributed by atoms with van der Waals surface area (Å²) in [6.45, 7) is 4.20. The van der Waals surface area contributed by atoms with Gasteiger partial charge in [0.15, 0.2) is 0 Å². The van der Waals surface area contributed by atoms with Gasteiger partial charge < -0.3 is 10.1 Å². The van der Waals surface area contributed by atoms with E-state index >= 15 is 0 Å². The molecule has 0 atom stereocenters. The van der Waals surface area contributed by atoms with Crippen LogP contribution in [0.25, 0.3) is 0 Å². The third kappa shape index (κ3) is 3.55. The quantitative estimate of drug-likeness (QED) is 0.651. The summed E-state index contributed by atoms with van der Waals surface area (Å²) in [6, 6.07) is 0.761. The number of ether oxygens (including phenoxy) is 1. The van der Waals surface area contributed by atoms with Crippen LogP contribution in [0, 0.1) is 5.92 Å². The maximum Gasteiger partial charge on any atom is 0.0587 e. The van der Waals surface area contributed by atoms with E-state index in [0.717, 1.165) is 25.1 Å². The molecule has 0 spiro atoms. The Morgan fingerprint density at radius 1 is 1.25 bits per heavy atom. The van der Waals surface area contributed by atoms with Crippen molar-refractivity contribution in [3.63, 3.8) is 0 Å². The predicted molar refractivity (Wildman–Crippen MR) is 51.3 cm³/mol. The molecule has 0 bridgehead atoms. The van der Waals surface area contributed by atoms with Crippen LogP contribution >= 0.6 is 0 Å². The summed E-state index contributed by atoms with van der Waals surface area (Å²) in [6.07, 6.45) is 5.49. The van der Waals surface area contributed by atoms with Gasteiger partial charge in [-0.05, 0) is 31.6 Å². The van der Waals surface area contributed by atoms with E-state index in [1.165, 1.54) is 25.7 Å². The van der Waals surface area contributed by atoms with Crippen molar-refractivity contribution < 1.29 is 4.74 Å². The summed E-state index contributed by atoms with van der Waals surface area (Å²) in [7, 11) is 1.75. The number of nitrogens with one attached hydrogen (secondary N) is 1. The highest BCUT2D eigenvalue weighted by molar-refractivity contribution is 4.74. The molecule has 0 heterocycles. The zero-order chi connectivity index (χ0) is 8.81. The zero-order valence-electron chi connectivity index (χ0n) is 8.31. The lowest BCUT2D eigenvalue weighted by Crippen LogP contribution is -2.34. The van der Waals surface area contributed by atoms with E-state index in [4.69, 9.17) is 4.74 Å². The molecule has 0 amide bonds. The lowest BCUT2D eigenvalue weighted by atomic mass is 9.87. The molecule has 0 aromatic heterocycles. The van der Waals surface area contributed by atoms with Crippen LogP contribution in [0.2, 0.25) is 0 Å². The Hall–Kier alpha value is -0.0800. The summed E-state index contributed by atoms with van der Waals surface area (Å²) in [5.74, 6) is 0.950. The topological polar surface area (TPSA) is 21.3 Å². The first-order valence-corrected chi connectivity index (χ1v) is 5.05. The molecule has 2 nitrogen and oxygen atoms in total. The van der Waals surface area contributed by atoms with E-state index in [0.29, 0.717) is 0 Å². The highest BCUT2D eigenvalue weighted by Gasteiger charge is 2.16. The summed E-state index contributed by atoms with van der Waals surface area (Å²) in [5.41, 5.74) is 0. The fraction of sp³-hybridized carbons (Fsp3) is 1.00. The molecule has 1 rings (SSSR count). The van der Waals surface area contributed by atoms with E-state index in [1.807, 2.05) is 0 Å². The highest BCUT2D eigenvalue weighted by atomic mass is 16.5. The van der Waals surface area contributed by atoms with Crippen LogP contribution in [0.15, 0.2) is 0 Å². The second-order valence-corrected chi connectivity index (χ2v) is 3.90. The molecule has 1 aliphatic rings. The molecule has 1 aliphatic carbocycles. The fourth-order valence-electron chi connectivity index (χ4n) is 1.83. The van der Waals surface area contributed by atoms with Gasteiger partial charge in [0.05, 0.1) is 6.61 Å². The van der Waals surface area contributed by atoms with E-state index in [2.05, 4.69) is 12.2 Å². The van der Waals surface area contributed by atoms with Gasteiger partial charge in [-0.1, -0.05) is 6.92 Å². The third-order valence-electron chi connectivity index (χ3n) is 2.76. The van der Waals surface area contributed by atoms with Crippen LogP contribution in [-0.2, 0) is 4.74 Å². The zero-order valence-corrected chi connectivity index (χ0v) is 8.31. The molecule has 0 unspecified atom stereocenters. The van der Waals surface area contributed by atoms with Gasteiger partial charge in [-0.15, -0.1) is 0 Å². The van der Waals surface area contributed by atoms with Gasteiger partial charge in [-0.25, -0.2) is 0 Å². The number of hydrogen-bond acceptors (Lipinski definition) is 2. The van der Waals surface area contributed by atoms with Crippen molar-refractivity contribution in [1.29, 1.82) is 0 Å². The summed E-state index contributed by atoms with van der Waals surface area (Å²) in [5, 5.41) is 3.52. The molecule has 0 saturated heterocycles. The Balaban J connectivity index is 2.01. The SMILES string of the molecule is COCCN[C@H]1CC[C@H](C)CC1. The summed E-state index contributed by atoms with van der Waals surface area (Å²) < 4.78 is 4.99. The van der Waals surface area contributed by atoms with E-state index in [9.17, 15) is 0 Å². The van der Waals surface area contributed by atoms with Crippen molar-refractivity contribution in [2.75, 3.05) is 20.3 Å². The van der Waals surface area contributed by atoms with Crippen molar-refractivity contribution in [2.24, 2.45) is 5.92 Å². The number of rotatable bonds is 4. The average molecular weight is 171 g/mol. The molecule has 1 fully saturated rings. The van der Waals surface area contributed by atoms with Crippen LogP contribution in [0.3, 0.4) is 0 Å². The summed E-state index contributed by atoms with van der Waals surface area (Å²) >= 11 is 0. The minimum atomic E-state index is 0.761. The van der Waals surface area contributed by atoms with E-state index < -0.39 is 0 Å². The molecule has 2 heteroatoms. The standard InChI is InChI=1S/C10H21NO/c1-9-3-5-10(6-4-9)11-7-8-12-2/h9-11H,3-8H2,1-2H3/t9-,10-. The van der Waals surface area contributed by atoms with Gasteiger partial charge >= 0.3 is 0 Å². The monoisotopic (exact) mass is 171 g/mol. The Bertz CT molecular complexity index is 108.